The molecule has 0 heterocycles. The zero-order chi connectivity index (χ0) is 14.1. The summed E-state index contributed by atoms with van der Waals surface area (Å²) in [6, 6.07) is 4.11. The number of hydrogen-bond acceptors (Lipinski definition) is 3. The van der Waals surface area contributed by atoms with Gasteiger partial charge in [-0.05, 0) is 31.0 Å². The van der Waals surface area contributed by atoms with Crippen LogP contribution in [0.15, 0.2) is 23.1 Å². The Hall–Kier alpha value is -1.07. The van der Waals surface area contributed by atoms with Crippen LogP contribution in [-0.4, -0.2) is 25.7 Å². The average Bonchev–Trinajstić information content (AvgIpc) is 2.40. The van der Waals surface area contributed by atoms with Crippen molar-refractivity contribution < 1.29 is 13.9 Å². The van der Waals surface area contributed by atoms with E-state index in [1.54, 1.807) is 0 Å². The maximum Gasteiger partial charge on any atom is 0.251 e. The quantitative estimate of drug-likeness (QED) is 0.569. The summed E-state index contributed by atoms with van der Waals surface area (Å²) in [7, 11) is 0. The Morgan fingerprint density at radius 1 is 1.37 bits per heavy atom. The van der Waals surface area contributed by atoms with Crippen LogP contribution in [-0.2, 0) is 4.74 Å². The maximum atomic E-state index is 13.0. The van der Waals surface area contributed by atoms with Crippen LogP contribution in [0.5, 0.6) is 0 Å². The van der Waals surface area contributed by atoms with Crippen molar-refractivity contribution in [2.45, 2.75) is 31.1 Å². The molecule has 1 amide bonds. The summed E-state index contributed by atoms with van der Waals surface area (Å²) in [6.07, 6.45) is 2.95. The molecule has 5 heteroatoms. The van der Waals surface area contributed by atoms with Crippen molar-refractivity contribution in [3.8, 4) is 0 Å². The Labute approximate surface area is 118 Å². The zero-order valence-electron chi connectivity index (χ0n) is 11.1. The van der Waals surface area contributed by atoms with Crippen LogP contribution in [0.2, 0.25) is 0 Å². The second-order valence-corrected chi connectivity index (χ2v) is 4.72. The minimum Gasteiger partial charge on any atom is -0.381 e. The lowest BCUT2D eigenvalue weighted by Gasteiger charge is -2.06. The summed E-state index contributed by atoms with van der Waals surface area (Å²) in [5.74, 6) is -0.645. The van der Waals surface area contributed by atoms with Gasteiger partial charge in [-0.1, -0.05) is 13.3 Å². The molecule has 0 fully saturated rings. The van der Waals surface area contributed by atoms with E-state index in [1.807, 2.05) is 0 Å². The highest BCUT2D eigenvalue weighted by atomic mass is 32.1. The molecule has 1 rings (SSSR count). The van der Waals surface area contributed by atoms with Gasteiger partial charge in [0.1, 0.15) is 5.82 Å². The highest BCUT2D eigenvalue weighted by molar-refractivity contribution is 7.80. The first-order chi connectivity index (χ1) is 9.15. The van der Waals surface area contributed by atoms with Gasteiger partial charge in [-0.25, -0.2) is 4.39 Å². The van der Waals surface area contributed by atoms with Crippen LogP contribution in [0.4, 0.5) is 4.39 Å². The summed E-state index contributed by atoms with van der Waals surface area (Å²) in [5, 5.41) is 2.76. The lowest BCUT2D eigenvalue weighted by Crippen LogP contribution is -2.25. The number of nitrogens with one attached hydrogen (secondary N) is 1. The summed E-state index contributed by atoms with van der Waals surface area (Å²) in [4.78, 5) is 11.9. The van der Waals surface area contributed by atoms with E-state index in [0.29, 0.717) is 18.7 Å². The van der Waals surface area contributed by atoms with Gasteiger partial charge < -0.3 is 10.1 Å². The van der Waals surface area contributed by atoms with Crippen LogP contribution in [0, 0.1) is 5.82 Å². The van der Waals surface area contributed by atoms with E-state index in [1.165, 1.54) is 18.2 Å². The average molecular weight is 285 g/mol. The lowest BCUT2D eigenvalue weighted by atomic mass is 10.2. The van der Waals surface area contributed by atoms with E-state index < -0.39 is 5.82 Å². The highest BCUT2D eigenvalue weighted by Crippen LogP contribution is 2.13. The van der Waals surface area contributed by atoms with Crippen molar-refractivity contribution in [3.63, 3.8) is 0 Å². The van der Waals surface area contributed by atoms with Gasteiger partial charge in [0.05, 0.1) is 0 Å². The zero-order valence-corrected chi connectivity index (χ0v) is 12.0. The molecule has 0 aliphatic rings. The number of ether oxygens (including phenoxy) is 1. The molecular formula is C14H20FNO2S. The molecule has 0 saturated heterocycles. The lowest BCUT2D eigenvalue weighted by molar-refractivity contribution is 0.0940. The molecule has 19 heavy (non-hydrogen) atoms. The monoisotopic (exact) mass is 285 g/mol. The second-order valence-electron chi connectivity index (χ2n) is 4.24. The third-order valence-electron chi connectivity index (χ3n) is 2.60. The van der Waals surface area contributed by atoms with Crippen LogP contribution in [0.1, 0.15) is 36.5 Å². The van der Waals surface area contributed by atoms with Crippen molar-refractivity contribution in [2.75, 3.05) is 19.8 Å². The molecule has 1 aromatic carbocycles. The normalized spacial score (nSPS) is 10.5. The molecule has 0 saturated carbocycles. The van der Waals surface area contributed by atoms with Gasteiger partial charge in [-0.3, -0.25) is 4.79 Å². The van der Waals surface area contributed by atoms with Gasteiger partial charge in [0.25, 0.3) is 5.91 Å². The first kappa shape index (κ1) is 16.0. The van der Waals surface area contributed by atoms with Crippen molar-refractivity contribution >= 4 is 18.5 Å². The predicted molar refractivity (Wildman–Crippen MR) is 76.3 cm³/mol. The number of hydrogen-bond donors (Lipinski definition) is 2. The van der Waals surface area contributed by atoms with E-state index in [0.717, 1.165) is 25.9 Å². The molecule has 0 unspecified atom stereocenters. The van der Waals surface area contributed by atoms with E-state index >= 15 is 0 Å². The molecule has 3 nitrogen and oxygen atoms in total. The summed E-state index contributed by atoms with van der Waals surface area (Å²) in [5.41, 5.74) is 0.415. The van der Waals surface area contributed by atoms with E-state index in [9.17, 15) is 9.18 Å². The number of unbranched alkanes of at least 4 members (excludes halogenated alkanes) is 1. The summed E-state index contributed by atoms with van der Waals surface area (Å²) < 4.78 is 18.4. The fourth-order valence-electron chi connectivity index (χ4n) is 1.48. The van der Waals surface area contributed by atoms with Crippen LogP contribution in [0.3, 0.4) is 0 Å². The number of carbonyl (C=O) groups excluding carboxylic acids is 1. The van der Waals surface area contributed by atoms with Crippen molar-refractivity contribution in [1.82, 2.24) is 5.32 Å². The predicted octanol–water partition coefficient (Wildman–Crippen LogP) is 3.05. The van der Waals surface area contributed by atoms with Crippen LogP contribution < -0.4 is 5.32 Å². The Bertz CT molecular complexity index is 412. The van der Waals surface area contributed by atoms with Crippen molar-refractivity contribution in [2.24, 2.45) is 0 Å². The maximum absolute atomic E-state index is 13.0. The Morgan fingerprint density at radius 3 is 2.79 bits per heavy atom. The summed E-state index contributed by atoms with van der Waals surface area (Å²) in [6.45, 7) is 4.07. The highest BCUT2D eigenvalue weighted by Gasteiger charge is 2.07. The Balaban J connectivity index is 2.22. The molecule has 1 N–H and O–H groups in total. The van der Waals surface area contributed by atoms with Gasteiger partial charge >= 0.3 is 0 Å². The second kappa shape index (κ2) is 8.93. The number of halogens is 1. The van der Waals surface area contributed by atoms with E-state index in [4.69, 9.17) is 4.74 Å². The number of carbonyl (C=O) groups is 1. The van der Waals surface area contributed by atoms with E-state index in [-0.39, 0.29) is 10.8 Å². The third-order valence-corrected chi connectivity index (χ3v) is 2.94. The molecule has 0 aliphatic heterocycles. The number of amides is 1. The standard InChI is InChI=1S/C14H20FNO2S/c1-2-3-8-18-9-4-7-16-14(17)11-5-6-12(15)13(19)10-11/h5-6,10,19H,2-4,7-9H2,1H3,(H,16,17). The van der Waals surface area contributed by atoms with Gasteiger partial charge in [-0.2, -0.15) is 0 Å². The largest absolute Gasteiger partial charge is 0.381 e. The fourth-order valence-corrected chi connectivity index (χ4v) is 1.69. The van der Waals surface area contributed by atoms with Gasteiger partial charge in [0, 0.05) is 30.2 Å². The smallest absolute Gasteiger partial charge is 0.251 e. The van der Waals surface area contributed by atoms with Gasteiger partial charge in [0.15, 0.2) is 0 Å². The first-order valence-electron chi connectivity index (χ1n) is 6.49. The Kier molecular flexibility index (Phi) is 7.52. The molecule has 0 atom stereocenters. The van der Waals surface area contributed by atoms with Crippen molar-refractivity contribution in [3.05, 3.63) is 29.6 Å². The molecule has 0 aromatic heterocycles. The SMILES string of the molecule is CCCCOCCCNC(=O)c1ccc(F)c(S)c1. The third kappa shape index (κ3) is 6.07. The molecule has 0 aliphatic carbocycles. The molecule has 0 bridgehead atoms. The first-order valence-corrected chi connectivity index (χ1v) is 6.94. The fraction of sp³-hybridized carbons (Fsp3) is 0.500. The molecule has 106 valence electrons. The minimum absolute atomic E-state index is 0.176. The number of rotatable bonds is 8. The van der Waals surface area contributed by atoms with Gasteiger partial charge in [0.2, 0.25) is 0 Å². The minimum atomic E-state index is -0.427. The van der Waals surface area contributed by atoms with Crippen LogP contribution in [0.25, 0.3) is 0 Å². The van der Waals surface area contributed by atoms with Crippen LogP contribution >= 0.6 is 12.6 Å². The molecular weight excluding hydrogens is 265 g/mol. The molecule has 0 radical (unpaired) electrons. The van der Waals surface area contributed by atoms with Gasteiger partial charge in [-0.15, -0.1) is 12.6 Å². The topological polar surface area (TPSA) is 38.3 Å². The number of thiol groups is 1. The Morgan fingerprint density at radius 2 is 2.11 bits per heavy atom. The molecule has 0 spiro atoms. The molecule has 1 aromatic rings. The van der Waals surface area contributed by atoms with E-state index in [2.05, 4.69) is 24.9 Å². The van der Waals surface area contributed by atoms with Crippen molar-refractivity contribution in [1.29, 1.82) is 0 Å². The summed E-state index contributed by atoms with van der Waals surface area (Å²) >= 11 is 3.94. The number of benzene rings is 1.